The lowest BCUT2D eigenvalue weighted by atomic mass is 9.74. The van der Waals surface area contributed by atoms with E-state index in [2.05, 4.69) is 16.0 Å². The van der Waals surface area contributed by atoms with Gasteiger partial charge in [-0.15, -0.1) is 11.8 Å². The predicted octanol–water partition coefficient (Wildman–Crippen LogP) is 7.77. The van der Waals surface area contributed by atoms with E-state index in [9.17, 15) is 24.6 Å². The van der Waals surface area contributed by atoms with Gasteiger partial charge in [-0.2, -0.15) is 0 Å². The van der Waals surface area contributed by atoms with Crippen molar-refractivity contribution >= 4 is 41.3 Å². The average molecular weight is 888 g/mol. The number of nitrogens with one attached hydrogen (secondary N) is 3. The first-order chi connectivity index (χ1) is 29.3. The van der Waals surface area contributed by atoms with Crippen LogP contribution in [0.15, 0.2) is 53.4 Å². The van der Waals surface area contributed by atoms with Crippen molar-refractivity contribution in [3.63, 3.8) is 0 Å². The van der Waals surface area contributed by atoms with Crippen LogP contribution in [0.4, 0.5) is 9.59 Å². The van der Waals surface area contributed by atoms with Gasteiger partial charge in [0.1, 0.15) is 5.60 Å². The Bertz CT molecular complexity index is 1650. The maximum absolute atomic E-state index is 13.4. The van der Waals surface area contributed by atoms with Crippen LogP contribution < -0.4 is 21.7 Å². The quantitative estimate of drug-likeness (QED) is 0.0615. The van der Waals surface area contributed by atoms with Crippen molar-refractivity contribution in [1.82, 2.24) is 25.8 Å². The molecule has 3 aliphatic rings. The van der Waals surface area contributed by atoms with Gasteiger partial charge >= 0.3 is 12.1 Å². The summed E-state index contributed by atoms with van der Waals surface area (Å²) in [6.07, 6.45) is 17.3. The first kappa shape index (κ1) is 50.6. The monoisotopic (exact) mass is 887 g/mol. The molecule has 12 nitrogen and oxygen atoms in total. The number of ether oxygens (including phenoxy) is 1. The fourth-order valence-electron chi connectivity index (χ4n) is 9.77. The van der Waals surface area contributed by atoms with Crippen molar-refractivity contribution in [2.24, 2.45) is 17.6 Å². The second kappa shape index (κ2) is 25.9. The summed E-state index contributed by atoms with van der Waals surface area (Å²) in [7, 11) is 3.62. The first-order valence-corrected chi connectivity index (χ1v) is 24.3. The summed E-state index contributed by atoms with van der Waals surface area (Å²) in [5.74, 6) is 0.489. The standard InChI is InChI=1S/C28H45ClN4O3.C19H30N2O3S/c1-21(34)31-15-8-14-28(36,23-11-6-13-25(29)18-23)24-12-7-16-33(20-24)27(35)32-26(19-30-2)17-22-9-4-3-5-10-22;1-24-13-6-4-11-19(23,15-8-7-9-16(14-15)25-2)17-10-3-5-12-21(17)18(20)22/h6,11,13,18,22,24,26,30,36H,3-5,7-10,12,14-17,19-20H2,1-2H3,(H,31,34)(H,32,35);7-9,14,17,23H,3-6,10-13H2,1-2H3,(H2,20,22)/t24-,26+,28-;17?,19-/m10/s1. The number of rotatable bonds is 19. The zero-order chi connectivity index (χ0) is 44.3. The summed E-state index contributed by atoms with van der Waals surface area (Å²) < 4.78 is 5.13. The second-order valence-electron chi connectivity index (χ2n) is 17.4. The van der Waals surface area contributed by atoms with Crippen LogP contribution in [-0.4, -0.2) is 110 Å². The van der Waals surface area contributed by atoms with E-state index < -0.39 is 17.2 Å². The molecule has 61 heavy (non-hydrogen) atoms. The summed E-state index contributed by atoms with van der Waals surface area (Å²) in [6, 6.07) is 14.7. The van der Waals surface area contributed by atoms with Crippen LogP contribution in [0.1, 0.15) is 121 Å². The van der Waals surface area contributed by atoms with Gasteiger partial charge in [0.25, 0.3) is 0 Å². The topological polar surface area (TPSA) is 169 Å². The van der Waals surface area contributed by atoms with E-state index in [-0.39, 0.29) is 29.9 Å². The highest BCUT2D eigenvalue weighted by atomic mass is 35.5. The molecule has 1 saturated carbocycles. The number of piperidine rings is 2. The smallest absolute Gasteiger partial charge is 0.317 e. The van der Waals surface area contributed by atoms with Crippen LogP contribution >= 0.6 is 23.4 Å². The van der Waals surface area contributed by atoms with E-state index in [0.717, 1.165) is 73.9 Å². The third-order valence-electron chi connectivity index (χ3n) is 13.0. The third kappa shape index (κ3) is 15.3. The van der Waals surface area contributed by atoms with Gasteiger partial charge < -0.3 is 46.4 Å². The molecule has 1 aliphatic carbocycles. The number of nitrogens with zero attached hydrogens (tertiary/aromatic N) is 2. The average Bonchev–Trinajstić information content (AvgIpc) is 3.27. The second-order valence-corrected chi connectivity index (χ2v) is 18.7. The Balaban J connectivity index is 0.000000287. The molecule has 0 spiro atoms. The lowest BCUT2D eigenvalue weighted by Gasteiger charge is -2.45. The van der Waals surface area contributed by atoms with Crippen LogP contribution in [0.25, 0.3) is 0 Å². The van der Waals surface area contributed by atoms with E-state index >= 15 is 0 Å². The molecule has 342 valence electrons. The highest BCUT2D eigenvalue weighted by molar-refractivity contribution is 7.98. The van der Waals surface area contributed by atoms with E-state index in [1.54, 1.807) is 29.8 Å². The minimum atomic E-state index is -1.13. The molecule has 0 aromatic heterocycles. The maximum Gasteiger partial charge on any atom is 0.317 e. The fraction of sp³-hybridized carbons (Fsp3) is 0.681. The molecule has 3 fully saturated rings. The third-order valence-corrected chi connectivity index (χ3v) is 14.0. The highest BCUT2D eigenvalue weighted by Gasteiger charge is 2.44. The number of nitrogens with two attached hydrogens (primary N) is 1. The first-order valence-electron chi connectivity index (χ1n) is 22.7. The number of urea groups is 2. The van der Waals surface area contributed by atoms with Crippen molar-refractivity contribution < 1.29 is 29.3 Å². The van der Waals surface area contributed by atoms with E-state index in [0.29, 0.717) is 63.0 Å². The molecule has 5 rings (SSSR count). The lowest BCUT2D eigenvalue weighted by Crippen LogP contribution is -2.56. The summed E-state index contributed by atoms with van der Waals surface area (Å²) in [5, 5.41) is 33.7. The van der Waals surface area contributed by atoms with E-state index in [1.165, 1.54) is 39.0 Å². The molecule has 0 bridgehead atoms. The molecule has 2 aromatic carbocycles. The molecule has 7 N–H and O–H groups in total. The molecule has 2 heterocycles. The molecule has 2 aromatic rings. The van der Waals surface area contributed by atoms with E-state index in [4.69, 9.17) is 22.1 Å². The van der Waals surface area contributed by atoms with Crippen molar-refractivity contribution in [2.75, 3.05) is 59.7 Å². The number of carbonyl (C=O) groups excluding carboxylic acids is 3. The van der Waals surface area contributed by atoms with Gasteiger partial charge in [0.05, 0.1) is 11.6 Å². The Morgan fingerprint density at radius 2 is 1.62 bits per heavy atom. The van der Waals surface area contributed by atoms with Gasteiger partial charge in [0.2, 0.25) is 5.91 Å². The number of unbranched alkanes of at least 4 members (excludes halogenated alkanes) is 1. The summed E-state index contributed by atoms with van der Waals surface area (Å²) in [5.41, 5.74) is 5.04. The number of methoxy groups -OCH3 is 1. The van der Waals surface area contributed by atoms with Gasteiger partial charge in [-0.1, -0.05) is 68.0 Å². The number of likely N-dealkylation sites (N-methyl/N-ethyl adjacent to an activating group) is 1. The van der Waals surface area contributed by atoms with Crippen LogP contribution in [0.5, 0.6) is 0 Å². The summed E-state index contributed by atoms with van der Waals surface area (Å²) in [6.45, 7) is 5.22. The van der Waals surface area contributed by atoms with Crippen molar-refractivity contribution in [3.8, 4) is 0 Å². The molecule has 2 saturated heterocycles. The molecule has 14 heteroatoms. The van der Waals surface area contributed by atoms with Crippen molar-refractivity contribution in [3.05, 3.63) is 64.7 Å². The number of likely N-dealkylation sites (tertiary alicyclic amines) is 2. The van der Waals surface area contributed by atoms with Crippen molar-refractivity contribution in [1.29, 1.82) is 0 Å². The maximum atomic E-state index is 13.4. The Hall–Kier alpha value is -3.07. The molecule has 1 unspecified atom stereocenters. The molecule has 5 amide bonds. The van der Waals surface area contributed by atoms with Crippen LogP contribution in [-0.2, 0) is 20.7 Å². The van der Waals surface area contributed by atoms with Gasteiger partial charge in [-0.05, 0) is 125 Å². The van der Waals surface area contributed by atoms with Gasteiger partial charge in [-0.3, -0.25) is 4.79 Å². The minimum absolute atomic E-state index is 0.0394. The number of thioether (sulfide) groups is 1. The van der Waals surface area contributed by atoms with Crippen LogP contribution in [0.3, 0.4) is 0 Å². The Morgan fingerprint density at radius 3 is 2.30 bits per heavy atom. The minimum Gasteiger partial charge on any atom is -0.385 e. The fourth-order valence-corrected chi connectivity index (χ4v) is 10.4. The molecular weight excluding hydrogens is 812 g/mol. The normalized spacial score (nSPS) is 21.0. The number of hydrogen-bond acceptors (Lipinski definition) is 8. The Kier molecular flexibility index (Phi) is 21.5. The zero-order valence-electron chi connectivity index (χ0n) is 37.3. The van der Waals surface area contributed by atoms with Crippen molar-refractivity contribution in [2.45, 2.75) is 138 Å². The predicted molar refractivity (Wildman–Crippen MR) is 247 cm³/mol. The molecule has 0 radical (unpaired) electrons. The summed E-state index contributed by atoms with van der Waals surface area (Å²) in [4.78, 5) is 41.3. The lowest BCUT2D eigenvalue weighted by molar-refractivity contribution is -0.119. The SMILES string of the molecule is CNC[C@H](CC1CCCCC1)NC(=O)N1CCC[C@@H]([C@@](O)(CCCNC(C)=O)c2cccc(Cl)c2)C1.COCCCC[C@](O)(c1cccc(SC)c1)C1CCCCN1C(N)=O. The van der Waals surface area contributed by atoms with Gasteiger partial charge in [0.15, 0.2) is 0 Å². The van der Waals surface area contributed by atoms with Crippen LogP contribution in [0, 0.1) is 11.8 Å². The largest absolute Gasteiger partial charge is 0.385 e. The van der Waals surface area contributed by atoms with Crippen LogP contribution in [0.2, 0.25) is 5.02 Å². The highest BCUT2D eigenvalue weighted by Crippen LogP contribution is 2.41. The number of carbonyl (C=O) groups is 3. The Morgan fingerprint density at radius 1 is 0.918 bits per heavy atom. The van der Waals surface area contributed by atoms with Gasteiger partial charge in [-0.25, -0.2) is 9.59 Å². The number of hydrogen-bond donors (Lipinski definition) is 6. The van der Waals surface area contributed by atoms with E-state index in [1.807, 2.05) is 60.7 Å². The molecule has 5 atom stereocenters. The zero-order valence-corrected chi connectivity index (χ0v) is 38.8. The number of primary amides is 1. The summed E-state index contributed by atoms with van der Waals surface area (Å²) >= 11 is 7.94. The number of halogens is 1. The van der Waals surface area contributed by atoms with Gasteiger partial charge in [0, 0.05) is 75.2 Å². The molecular formula is C47H75ClN6O6S. The number of amides is 5. The Labute approximate surface area is 374 Å². The number of benzene rings is 2. The number of aliphatic hydroxyl groups is 2. The molecule has 2 aliphatic heterocycles.